The molecule has 0 fully saturated rings. The zero-order valence-electron chi connectivity index (χ0n) is 16.7. The summed E-state index contributed by atoms with van der Waals surface area (Å²) >= 11 is 0. The number of amides is 2. The summed E-state index contributed by atoms with van der Waals surface area (Å²) in [5.74, 6) is 0.511. The van der Waals surface area contributed by atoms with Gasteiger partial charge in [-0.15, -0.1) is 0 Å². The summed E-state index contributed by atoms with van der Waals surface area (Å²) in [5, 5.41) is 2.96. The predicted octanol–water partition coefficient (Wildman–Crippen LogP) is 3.47. The van der Waals surface area contributed by atoms with Gasteiger partial charge < -0.3 is 5.32 Å². The van der Waals surface area contributed by atoms with Gasteiger partial charge in [-0.25, -0.2) is 4.98 Å². The summed E-state index contributed by atoms with van der Waals surface area (Å²) in [7, 11) is 0. The van der Waals surface area contributed by atoms with Crippen molar-refractivity contribution in [2.75, 3.05) is 18.0 Å². The van der Waals surface area contributed by atoms with Crippen LogP contribution < -0.4 is 10.2 Å². The van der Waals surface area contributed by atoms with E-state index in [1.807, 2.05) is 59.2 Å². The minimum atomic E-state index is -0.536. The maximum Gasteiger partial charge on any atom is 0.253 e. The molecule has 2 aromatic carbocycles. The van der Waals surface area contributed by atoms with E-state index in [-0.39, 0.29) is 18.2 Å². The molecule has 0 radical (unpaired) electrons. The molecule has 6 heteroatoms. The Morgan fingerprint density at radius 2 is 1.86 bits per heavy atom. The van der Waals surface area contributed by atoms with E-state index < -0.39 is 6.04 Å². The quantitative estimate of drug-likeness (QED) is 0.640. The van der Waals surface area contributed by atoms with Gasteiger partial charge in [-0.2, -0.15) is 0 Å². The summed E-state index contributed by atoms with van der Waals surface area (Å²) < 4.78 is 1.93. The van der Waals surface area contributed by atoms with Crippen LogP contribution >= 0.6 is 0 Å². The molecule has 6 nitrogen and oxygen atoms in total. The first-order valence-corrected chi connectivity index (χ1v) is 10.3. The minimum Gasteiger partial charge on any atom is -0.356 e. The van der Waals surface area contributed by atoms with Gasteiger partial charge in [0, 0.05) is 13.1 Å². The lowest BCUT2D eigenvalue weighted by molar-refractivity contribution is -0.127. The minimum absolute atomic E-state index is 0.0371. The summed E-state index contributed by atoms with van der Waals surface area (Å²) in [6.07, 6.45) is 2.80. The van der Waals surface area contributed by atoms with E-state index in [0.717, 1.165) is 30.3 Å². The fourth-order valence-electron chi connectivity index (χ4n) is 3.86. The average Bonchev–Trinajstić information content (AvgIpc) is 3.22. The summed E-state index contributed by atoms with van der Waals surface area (Å²) in [6.45, 7) is 3.28. The molecule has 3 aromatic rings. The lowest BCUT2D eigenvalue weighted by Gasteiger charge is -2.15. The number of para-hydroxylation sites is 2. The van der Waals surface area contributed by atoms with E-state index in [4.69, 9.17) is 0 Å². The van der Waals surface area contributed by atoms with Gasteiger partial charge in [0.1, 0.15) is 6.04 Å². The van der Waals surface area contributed by atoms with Crippen molar-refractivity contribution >= 4 is 28.8 Å². The number of nitrogens with one attached hydrogen (secondary N) is 1. The number of anilines is 1. The second kappa shape index (κ2) is 8.47. The van der Waals surface area contributed by atoms with Crippen molar-refractivity contribution in [1.29, 1.82) is 0 Å². The number of imidazole rings is 1. The highest BCUT2D eigenvalue weighted by Crippen LogP contribution is 2.36. The SMILES string of the molecule is CCCCN1C(=O)[C@@H](CC(=O)NCCc2ccccc2)n2c1nc1ccccc12. The largest absolute Gasteiger partial charge is 0.356 e. The Labute approximate surface area is 170 Å². The van der Waals surface area contributed by atoms with Gasteiger partial charge in [0.2, 0.25) is 11.9 Å². The number of benzene rings is 2. The van der Waals surface area contributed by atoms with Gasteiger partial charge in [-0.3, -0.25) is 19.1 Å². The Bertz CT molecular complexity index is 1010. The maximum atomic E-state index is 13.1. The number of hydrogen-bond donors (Lipinski definition) is 1. The maximum absolute atomic E-state index is 13.1. The van der Waals surface area contributed by atoms with E-state index in [0.29, 0.717) is 19.0 Å². The standard InChI is InChI=1S/C23H26N4O2/c1-2-3-15-26-22(29)20(27-19-12-8-7-11-18(19)25-23(26)27)16-21(28)24-14-13-17-9-5-4-6-10-17/h4-12,20H,2-3,13-16H2,1H3,(H,24,28)/t20-/m1/s1. The number of unbranched alkanes of at least 4 members (excludes halogenated alkanes) is 1. The van der Waals surface area contributed by atoms with Gasteiger partial charge in [0.25, 0.3) is 5.91 Å². The van der Waals surface area contributed by atoms with Crippen molar-refractivity contribution in [3.8, 4) is 0 Å². The van der Waals surface area contributed by atoms with Crippen molar-refractivity contribution in [1.82, 2.24) is 14.9 Å². The molecule has 0 spiro atoms. The highest BCUT2D eigenvalue weighted by Gasteiger charge is 2.40. The number of hydrogen-bond acceptors (Lipinski definition) is 3. The third-order valence-electron chi connectivity index (χ3n) is 5.37. The smallest absolute Gasteiger partial charge is 0.253 e. The number of nitrogens with zero attached hydrogens (tertiary/aromatic N) is 3. The Kier molecular flexibility index (Phi) is 5.60. The van der Waals surface area contributed by atoms with Gasteiger partial charge in [-0.05, 0) is 30.5 Å². The fourth-order valence-corrected chi connectivity index (χ4v) is 3.86. The lowest BCUT2D eigenvalue weighted by Crippen LogP contribution is -2.34. The molecule has 29 heavy (non-hydrogen) atoms. The van der Waals surface area contributed by atoms with Crippen molar-refractivity contribution in [2.45, 2.75) is 38.6 Å². The molecular weight excluding hydrogens is 364 g/mol. The molecule has 1 aliphatic heterocycles. The number of rotatable bonds is 8. The second-order valence-electron chi connectivity index (χ2n) is 7.42. The molecule has 150 valence electrons. The fraction of sp³-hybridized carbons (Fsp3) is 0.348. The molecule has 2 amide bonds. The number of carbonyl (C=O) groups is 2. The van der Waals surface area contributed by atoms with Crippen molar-refractivity contribution in [3.05, 3.63) is 60.2 Å². The predicted molar refractivity (Wildman–Crippen MR) is 114 cm³/mol. The summed E-state index contributed by atoms with van der Waals surface area (Å²) in [5.41, 5.74) is 2.93. The molecule has 1 N–H and O–H groups in total. The molecular formula is C23H26N4O2. The monoisotopic (exact) mass is 390 g/mol. The third-order valence-corrected chi connectivity index (χ3v) is 5.37. The van der Waals surface area contributed by atoms with E-state index >= 15 is 0 Å². The molecule has 1 atom stereocenters. The highest BCUT2D eigenvalue weighted by molar-refractivity contribution is 6.03. The number of carbonyl (C=O) groups excluding carboxylic acids is 2. The normalized spacial score (nSPS) is 15.7. The number of aromatic nitrogens is 2. The molecule has 1 aromatic heterocycles. The molecule has 0 bridgehead atoms. The van der Waals surface area contributed by atoms with Gasteiger partial charge in [0.05, 0.1) is 17.5 Å². The van der Waals surface area contributed by atoms with Crippen LogP contribution in [0.3, 0.4) is 0 Å². The van der Waals surface area contributed by atoms with E-state index in [9.17, 15) is 9.59 Å². The van der Waals surface area contributed by atoms with Crippen LogP contribution in [0.4, 0.5) is 5.95 Å². The van der Waals surface area contributed by atoms with Crippen molar-refractivity contribution in [3.63, 3.8) is 0 Å². The Balaban J connectivity index is 1.49. The zero-order chi connectivity index (χ0) is 20.2. The van der Waals surface area contributed by atoms with Crippen LogP contribution in [0.5, 0.6) is 0 Å². The van der Waals surface area contributed by atoms with Crippen LogP contribution in [0.25, 0.3) is 11.0 Å². The topological polar surface area (TPSA) is 67.2 Å². The third kappa shape index (κ3) is 3.88. The zero-order valence-corrected chi connectivity index (χ0v) is 16.7. The van der Waals surface area contributed by atoms with E-state index in [1.54, 1.807) is 4.90 Å². The van der Waals surface area contributed by atoms with Crippen LogP contribution in [0.1, 0.15) is 37.8 Å². The van der Waals surface area contributed by atoms with Gasteiger partial charge in [0.15, 0.2) is 0 Å². The first-order valence-electron chi connectivity index (χ1n) is 10.3. The van der Waals surface area contributed by atoms with Crippen molar-refractivity contribution in [2.24, 2.45) is 0 Å². The van der Waals surface area contributed by atoms with Gasteiger partial charge in [-0.1, -0.05) is 55.8 Å². The number of fused-ring (bicyclic) bond motifs is 3. The van der Waals surface area contributed by atoms with E-state index in [2.05, 4.69) is 17.2 Å². The lowest BCUT2D eigenvalue weighted by atomic mass is 10.1. The Morgan fingerprint density at radius 1 is 1.10 bits per heavy atom. The van der Waals surface area contributed by atoms with Crippen LogP contribution in [0.15, 0.2) is 54.6 Å². The molecule has 0 saturated carbocycles. The molecule has 0 saturated heterocycles. The van der Waals surface area contributed by atoms with Crippen LogP contribution in [0.2, 0.25) is 0 Å². The molecule has 0 aliphatic carbocycles. The van der Waals surface area contributed by atoms with Crippen LogP contribution in [0, 0.1) is 0 Å². The summed E-state index contributed by atoms with van der Waals surface area (Å²) in [4.78, 5) is 32.1. The van der Waals surface area contributed by atoms with E-state index in [1.165, 1.54) is 5.56 Å². The molecule has 4 rings (SSSR count). The molecule has 1 aliphatic rings. The highest BCUT2D eigenvalue weighted by atomic mass is 16.2. The van der Waals surface area contributed by atoms with Crippen molar-refractivity contribution < 1.29 is 9.59 Å². The average molecular weight is 390 g/mol. The Morgan fingerprint density at radius 3 is 2.66 bits per heavy atom. The van der Waals surface area contributed by atoms with Gasteiger partial charge >= 0.3 is 0 Å². The molecule has 0 unspecified atom stereocenters. The molecule has 2 heterocycles. The Hall–Kier alpha value is -3.15. The second-order valence-corrected chi connectivity index (χ2v) is 7.42. The first kappa shape index (κ1) is 19.2. The first-order chi connectivity index (χ1) is 14.2. The summed E-state index contributed by atoms with van der Waals surface area (Å²) in [6, 6.07) is 17.3. The van der Waals surface area contributed by atoms with Crippen LogP contribution in [-0.4, -0.2) is 34.5 Å². The van der Waals surface area contributed by atoms with Crippen LogP contribution in [-0.2, 0) is 16.0 Å².